The molecule has 2 rings (SSSR count). The van der Waals surface area contributed by atoms with Crippen molar-refractivity contribution in [2.24, 2.45) is 0 Å². The number of hydrogen-bond acceptors (Lipinski definition) is 1. The highest BCUT2D eigenvalue weighted by molar-refractivity contribution is 9.10. The highest BCUT2D eigenvalue weighted by Crippen LogP contribution is 2.29. The molecule has 2 aromatic rings. The van der Waals surface area contributed by atoms with Gasteiger partial charge in [-0.2, -0.15) is 0 Å². The maximum atomic E-state index is 13.8. The van der Waals surface area contributed by atoms with E-state index in [9.17, 15) is 9.50 Å². The van der Waals surface area contributed by atoms with Crippen LogP contribution < -0.4 is 0 Å². The average molecular weight is 309 g/mol. The molecule has 0 saturated carbocycles. The molecule has 94 valence electrons. The summed E-state index contributed by atoms with van der Waals surface area (Å²) in [4.78, 5) is 0. The molecule has 18 heavy (non-hydrogen) atoms. The van der Waals surface area contributed by atoms with E-state index >= 15 is 0 Å². The standard InChI is InChI=1S/C15H14BrFO/c1-9-3-6-14(17)13(7-9)15(18)12-8-11(16)5-4-10(12)2/h3-8,15,18H,1-2H3. The van der Waals surface area contributed by atoms with E-state index in [0.29, 0.717) is 11.1 Å². The van der Waals surface area contributed by atoms with Gasteiger partial charge in [-0.15, -0.1) is 0 Å². The van der Waals surface area contributed by atoms with E-state index < -0.39 is 6.10 Å². The second kappa shape index (κ2) is 5.21. The van der Waals surface area contributed by atoms with E-state index in [1.54, 1.807) is 12.1 Å². The van der Waals surface area contributed by atoms with Crippen molar-refractivity contribution >= 4 is 15.9 Å². The van der Waals surface area contributed by atoms with E-state index in [-0.39, 0.29) is 5.82 Å². The number of aliphatic hydroxyl groups is 1. The molecule has 0 aliphatic heterocycles. The van der Waals surface area contributed by atoms with Crippen LogP contribution in [0.15, 0.2) is 40.9 Å². The van der Waals surface area contributed by atoms with E-state index in [2.05, 4.69) is 15.9 Å². The fourth-order valence-corrected chi connectivity index (χ4v) is 2.32. The Balaban J connectivity index is 2.50. The van der Waals surface area contributed by atoms with Gasteiger partial charge in [0.15, 0.2) is 0 Å². The molecule has 2 aromatic carbocycles. The molecule has 1 nitrogen and oxygen atoms in total. The SMILES string of the molecule is Cc1ccc(F)c(C(O)c2cc(Br)ccc2C)c1. The van der Waals surface area contributed by atoms with Crippen molar-refractivity contribution < 1.29 is 9.50 Å². The number of aryl methyl sites for hydroxylation is 2. The minimum absolute atomic E-state index is 0.316. The molecule has 1 N–H and O–H groups in total. The molecule has 0 bridgehead atoms. The van der Waals surface area contributed by atoms with Gasteiger partial charge in [0.2, 0.25) is 0 Å². The summed E-state index contributed by atoms with van der Waals surface area (Å²) >= 11 is 3.37. The van der Waals surface area contributed by atoms with Crippen molar-refractivity contribution in [2.45, 2.75) is 20.0 Å². The number of aliphatic hydroxyl groups excluding tert-OH is 1. The maximum Gasteiger partial charge on any atom is 0.129 e. The van der Waals surface area contributed by atoms with Gasteiger partial charge in [0.25, 0.3) is 0 Å². The topological polar surface area (TPSA) is 20.2 Å². The first-order valence-corrected chi connectivity index (χ1v) is 6.48. The highest BCUT2D eigenvalue weighted by atomic mass is 79.9. The third-order valence-corrected chi connectivity index (χ3v) is 3.48. The van der Waals surface area contributed by atoms with Gasteiger partial charge in [-0.25, -0.2) is 4.39 Å². The molecule has 0 fully saturated rings. The molecule has 0 radical (unpaired) electrons. The zero-order chi connectivity index (χ0) is 13.3. The fourth-order valence-electron chi connectivity index (χ4n) is 1.95. The Morgan fingerprint density at radius 3 is 2.50 bits per heavy atom. The van der Waals surface area contributed by atoms with Crippen LogP contribution in [0.3, 0.4) is 0 Å². The Kier molecular flexibility index (Phi) is 3.83. The predicted octanol–water partition coefficient (Wildman–Crippen LogP) is 4.29. The van der Waals surface area contributed by atoms with Crippen molar-refractivity contribution in [2.75, 3.05) is 0 Å². The molecule has 0 aromatic heterocycles. The van der Waals surface area contributed by atoms with Crippen LogP contribution >= 0.6 is 15.9 Å². The van der Waals surface area contributed by atoms with Crippen LogP contribution in [0.25, 0.3) is 0 Å². The Hall–Kier alpha value is -1.19. The Morgan fingerprint density at radius 2 is 1.78 bits per heavy atom. The van der Waals surface area contributed by atoms with E-state index in [1.807, 2.05) is 32.0 Å². The fraction of sp³-hybridized carbons (Fsp3) is 0.200. The first-order valence-electron chi connectivity index (χ1n) is 5.69. The zero-order valence-corrected chi connectivity index (χ0v) is 11.8. The first-order chi connectivity index (χ1) is 8.49. The first kappa shape index (κ1) is 13.2. The molecular formula is C15H14BrFO. The van der Waals surface area contributed by atoms with E-state index in [0.717, 1.165) is 15.6 Å². The summed E-state index contributed by atoms with van der Waals surface area (Å²) in [5.41, 5.74) is 2.90. The quantitative estimate of drug-likeness (QED) is 0.877. The molecular weight excluding hydrogens is 295 g/mol. The van der Waals surface area contributed by atoms with Crippen molar-refractivity contribution in [3.63, 3.8) is 0 Å². The monoisotopic (exact) mass is 308 g/mol. The van der Waals surface area contributed by atoms with Gasteiger partial charge < -0.3 is 5.11 Å². The lowest BCUT2D eigenvalue weighted by atomic mass is 9.96. The van der Waals surface area contributed by atoms with Crippen LogP contribution in [0.4, 0.5) is 4.39 Å². The van der Waals surface area contributed by atoms with Gasteiger partial charge >= 0.3 is 0 Å². The molecule has 0 saturated heterocycles. The zero-order valence-electron chi connectivity index (χ0n) is 10.2. The molecule has 1 unspecified atom stereocenters. The molecule has 1 atom stereocenters. The maximum absolute atomic E-state index is 13.8. The molecule has 0 aliphatic carbocycles. The van der Waals surface area contributed by atoms with E-state index in [1.165, 1.54) is 6.07 Å². The Bertz CT molecular complexity index is 529. The summed E-state index contributed by atoms with van der Waals surface area (Å²) in [6.07, 6.45) is -0.942. The van der Waals surface area contributed by atoms with Gasteiger partial charge in [-0.3, -0.25) is 0 Å². The number of benzene rings is 2. The second-order valence-corrected chi connectivity index (χ2v) is 5.34. The van der Waals surface area contributed by atoms with Gasteiger partial charge in [0.05, 0.1) is 0 Å². The third-order valence-electron chi connectivity index (χ3n) is 2.98. The minimum Gasteiger partial charge on any atom is -0.384 e. The Labute approximate surface area is 114 Å². The van der Waals surface area contributed by atoms with Crippen LogP contribution in [0, 0.1) is 19.7 Å². The van der Waals surface area contributed by atoms with Crippen molar-refractivity contribution in [3.05, 3.63) is 68.9 Å². The van der Waals surface area contributed by atoms with Crippen LogP contribution in [0.2, 0.25) is 0 Å². The van der Waals surface area contributed by atoms with Crippen molar-refractivity contribution in [1.29, 1.82) is 0 Å². The lowest BCUT2D eigenvalue weighted by Crippen LogP contribution is -2.05. The molecule has 0 spiro atoms. The molecule has 0 amide bonds. The van der Waals surface area contributed by atoms with Crippen molar-refractivity contribution in [1.82, 2.24) is 0 Å². The molecule has 0 aliphatic rings. The average Bonchev–Trinajstić information content (AvgIpc) is 2.34. The van der Waals surface area contributed by atoms with Crippen LogP contribution in [-0.2, 0) is 0 Å². The van der Waals surface area contributed by atoms with Crippen LogP contribution in [0.5, 0.6) is 0 Å². The summed E-state index contributed by atoms with van der Waals surface area (Å²) in [5.74, 6) is -0.382. The predicted molar refractivity (Wildman–Crippen MR) is 74.1 cm³/mol. The summed E-state index contributed by atoms with van der Waals surface area (Å²) in [5, 5.41) is 10.3. The van der Waals surface area contributed by atoms with Gasteiger partial charge in [-0.1, -0.05) is 39.7 Å². The third kappa shape index (κ3) is 2.62. The largest absolute Gasteiger partial charge is 0.384 e. The van der Waals surface area contributed by atoms with Gasteiger partial charge in [0.1, 0.15) is 11.9 Å². The summed E-state index contributed by atoms with van der Waals surface area (Å²) in [6.45, 7) is 3.78. The smallest absolute Gasteiger partial charge is 0.129 e. The summed E-state index contributed by atoms with van der Waals surface area (Å²) in [6, 6.07) is 10.4. The van der Waals surface area contributed by atoms with E-state index in [4.69, 9.17) is 0 Å². The van der Waals surface area contributed by atoms with Crippen molar-refractivity contribution in [3.8, 4) is 0 Å². The number of rotatable bonds is 2. The lowest BCUT2D eigenvalue weighted by molar-refractivity contribution is 0.214. The lowest BCUT2D eigenvalue weighted by Gasteiger charge is -2.16. The summed E-state index contributed by atoms with van der Waals surface area (Å²) in [7, 11) is 0. The molecule has 0 heterocycles. The van der Waals surface area contributed by atoms with Gasteiger partial charge in [-0.05, 0) is 43.2 Å². The highest BCUT2D eigenvalue weighted by Gasteiger charge is 2.17. The van der Waals surface area contributed by atoms with Gasteiger partial charge in [0, 0.05) is 10.0 Å². The minimum atomic E-state index is -0.942. The molecule has 3 heteroatoms. The normalized spacial score (nSPS) is 12.5. The van der Waals surface area contributed by atoms with Crippen LogP contribution in [-0.4, -0.2) is 5.11 Å². The Morgan fingerprint density at radius 1 is 1.06 bits per heavy atom. The second-order valence-electron chi connectivity index (χ2n) is 4.43. The summed E-state index contributed by atoms with van der Waals surface area (Å²) < 4.78 is 14.6. The van der Waals surface area contributed by atoms with Crippen LogP contribution in [0.1, 0.15) is 28.4 Å². The number of halogens is 2. The number of hydrogen-bond donors (Lipinski definition) is 1.